The van der Waals surface area contributed by atoms with E-state index < -0.39 is 12.1 Å². The molecular formula is C36H42N6O4. The van der Waals surface area contributed by atoms with Crippen molar-refractivity contribution in [2.75, 3.05) is 44.6 Å². The van der Waals surface area contributed by atoms with Gasteiger partial charge < -0.3 is 30.5 Å². The summed E-state index contributed by atoms with van der Waals surface area (Å²) < 4.78 is 0. The predicted octanol–water partition coefficient (Wildman–Crippen LogP) is 5.66. The molecule has 4 N–H and O–H groups in total. The molecule has 0 radical (unpaired) electrons. The SMILES string of the molecule is C[C@@H](c1c[nH]c2ccccc12)[C@@H](NC(=O)N1CCC(c2ccccc2)CC1)C(=O)Nc1cccc(CN2CCN(C(=O)O)CC2)c1. The van der Waals surface area contributed by atoms with Crippen LogP contribution in [0.2, 0.25) is 0 Å². The van der Waals surface area contributed by atoms with Crippen molar-refractivity contribution in [2.24, 2.45) is 0 Å². The van der Waals surface area contributed by atoms with Crippen molar-refractivity contribution in [3.05, 3.63) is 102 Å². The molecule has 2 saturated heterocycles. The topological polar surface area (TPSA) is 121 Å². The van der Waals surface area contributed by atoms with E-state index in [0.717, 1.165) is 34.9 Å². The molecule has 46 heavy (non-hydrogen) atoms. The fourth-order valence-electron chi connectivity index (χ4n) is 6.76. The maximum atomic E-state index is 14.0. The first-order chi connectivity index (χ1) is 22.4. The number of para-hydroxylation sites is 1. The highest BCUT2D eigenvalue weighted by molar-refractivity contribution is 5.98. The van der Waals surface area contributed by atoms with Gasteiger partial charge in [0.1, 0.15) is 6.04 Å². The second kappa shape index (κ2) is 14.1. The number of aromatic amines is 1. The summed E-state index contributed by atoms with van der Waals surface area (Å²) in [4.78, 5) is 47.7. The summed E-state index contributed by atoms with van der Waals surface area (Å²) in [6.45, 7) is 6.15. The van der Waals surface area contributed by atoms with E-state index in [0.29, 0.717) is 57.4 Å². The van der Waals surface area contributed by atoms with Gasteiger partial charge in [0, 0.05) is 74.5 Å². The number of benzene rings is 3. The van der Waals surface area contributed by atoms with Crippen molar-refractivity contribution in [1.82, 2.24) is 25.0 Å². The Labute approximate surface area is 269 Å². The maximum absolute atomic E-state index is 14.0. The maximum Gasteiger partial charge on any atom is 0.407 e. The van der Waals surface area contributed by atoms with Crippen LogP contribution in [0.4, 0.5) is 15.3 Å². The lowest BCUT2D eigenvalue weighted by molar-refractivity contribution is -0.118. The summed E-state index contributed by atoms with van der Waals surface area (Å²) >= 11 is 0. The zero-order chi connectivity index (χ0) is 32.0. The van der Waals surface area contributed by atoms with E-state index in [-0.39, 0.29) is 17.9 Å². The van der Waals surface area contributed by atoms with Gasteiger partial charge in [0.2, 0.25) is 5.91 Å². The Morgan fingerprint density at radius 2 is 1.59 bits per heavy atom. The molecule has 4 amide bonds. The number of H-pyrrole nitrogens is 1. The summed E-state index contributed by atoms with van der Waals surface area (Å²) in [5.41, 5.74) is 4.93. The second-order valence-electron chi connectivity index (χ2n) is 12.4. The minimum atomic E-state index is -0.885. The van der Waals surface area contributed by atoms with Gasteiger partial charge in [0.25, 0.3) is 0 Å². The molecule has 1 aromatic heterocycles. The average Bonchev–Trinajstić information content (AvgIpc) is 3.52. The molecule has 4 aromatic rings. The summed E-state index contributed by atoms with van der Waals surface area (Å²) in [6, 6.07) is 25.1. The van der Waals surface area contributed by atoms with Crippen LogP contribution in [-0.4, -0.2) is 88.1 Å². The Hall–Kier alpha value is -4.83. The van der Waals surface area contributed by atoms with Crippen LogP contribution in [0.25, 0.3) is 10.9 Å². The second-order valence-corrected chi connectivity index (χ2v) is 12.4. The zero-order valence-corrected chi connectivity index (χ0v) is 26.2. The number of rotatable bonds is 8. The van der Waals surface area contributed by atoms with Gasteiger partial charge in [-0.1, -0.05) is 67.6 Å². The molecule has 2 fully saturated rings. The normalized spacial score (nSPS) is 17.4. The number of nitrogens with zero attached hydrogens (tertiary/aromatic N) is 3. The van der Waals surface area contributed by atoms with Crippen LogP contribution in [0.5, 0.6) is 0 Å². The van der Waals surface area contributed by atoms with Gasteiger partial charge in [-0.2, -0.15) is 0 Å². The van der Waals surface area contributed by atoms with E-state index in [1.165, 1.54) is 10.5 Å². The summed E-state index contributed by atoms with van der Waals surface area (Å²) in [7, 11) is 0. The van der Waals surface area contributed by atoms with Gasteiger partial charge >= 0.3 is 12.1 Å². The third kappa shape index (κ3) is 7.18. The van der Waals surface area contributed by atoms with Gasteiger partial charge in [0.05, 0.1) is 0 Å². The zero-order valence-electron chi connectivity index (χ0n) is 26.2. The monoisotopic (exact) mass is 622 g/mol. The van der Waals surface area contributed by atoms with Crippen molar-refractivity contribution in [2.45, 2.75) is 44.2 Å². The first kappa shape index (κ1) is 31.2. The first-order valence-electron chi connectivity index (χ1n) is 16.1. The van der Waals surface area contributed by atoms with E-state index in [9.17, 15) is 19.5 Å². The average molecular weight is 623 g/mol. The highest BCUT2D eigenvalue weighted by atomic mass is 16.4. The molecule has 240 valence electrons. The van der Waals surface area contributed by atoms with Gasteiger partial charge in [-0.15, -0.1) is 0 Å². The van der Waals surface area contributed by atoms with Crippen molar-refractivity contribution in [1.29, 1.82) is 0 Å². The van der Waals surface area contributed by atoms with E-state index in [4.69, 9.17) is 0 Å². The minimum absolute atomic E-state index is 0.229. The highest BCUT2D eigenvalue weighted by Crippen LogP contribution is 2.30. The summed E-state index contributed by atoms with van der Waals surface area (Å²) in [5, 5.41) is 16.5. The fraction of sp³-hybridized carbons (Fsp3) is 0.361. The number of hydrogen-bond acceptors (Lipinski definition) is 4. The Bertz CT molecular complexity index is 1660. The third-order valence-corrected chi connectivity index (χ3v) is 9.47. The molecule has 3 heterocycles. The highest BCUT2D eigenvalue weighted by Gasteiger charge is 2.32. The Morgan fingerprint density at radius 3 is 2.33 bits per heavy atom. The standard InChI is InChI=1S/C36H42N6O4/c1-25(31-23-37-32-13-6-5-12-30(31)32)33(39-35(44)41-16-14-28(15-17-41)27-9-3-2-4-10-27)34(43)38-29-11-7-8-26(22-29)24-40-18-20-42(21-19-40)36(45)46/h2-13,22-23,25,28,33,37H,14-21,24H2,1H3,(H,38,43)(H,39,44)(H,45,46)/t25-,33+/m0/s1. The fourth-order valence-corrected chi connectivity index (χ4v) is 6.76. The molecule has 10 heteroatoms. The molecule has 2 atom stereocenters. The van der Waals surface area contributed by atoms with Gasteiger partial charge in [-0.05, 0) is 53.6 Å². The predicted molar refractivity (Wildman–Crippen MR) is 179 cm³/mol. The van der Waals surface area contributed by atoms with Crippen molar-refractivity contribution < 1.29 is 19.5 Å². The number of piperidine rings is 1. The molecule has 0 saturated carbocycles. The molecule has 3 aromatic carbocycles. The molecule has 10 nitrogen and oxygen atoms in total. The molecule has 0 bridgehead atoms. The minimum Gasteiger partial charge on any atom is -0.465 e. The number of piperazine rings is 1. The van der Waals surface area contributed by atoms with E-state index in [1.54, 1.807) is 0 Å². The number of nitrogens with one attached hydrogen (secondary N) is 3. The number of carbonyl (C=O) groups excluding carboxylic acids is 2. The summed E-state index contributed by atoms with van der Waals surface area (Å²) in [5.74, 6) is -0.170. The largest absolute Gasteiger partial charge is 0.465 e. The number of hydrogen-bond donors (Lipinski definition) is 4. The Morgan fingerprint density at radius 1 is 0.870 bits per heavy atom. The van der Waals surface area contributed by atoms with Gasteiger partial charge in [-0.25, -0.2) is 9.59 Å². The summed E-state index contributed by atoms with van der Waals surface area (Å²) in [6.07, 6.45) is 2.80. The van der Waals surface area contributed by atoms with Crippen LogP contribution in [0.15, 0.2) is 85.1 Å². The molecule has 0 aliphatic carbocycles. The molecule has 0 spiro atoms. The molecular weight excluding hydrogens is 580 g/mol. The number of anilines is 1. The van der Waals surface area contributed by atoms with Crippen molar-refractivity contribution in [3.8, 4) is 0 Å². The van der Waals surface area contributed by atoms with Crippen LogP contribution in [0, 0.1) is 0 Å². The van der Waals surface area contributed by atoms with Crippen LogP contribution < -0.4 is 10.6 Å². The third-order valence-electron chi connectivity index (χ3n) is 9.47. The Kier molecular flexibility index (Phi) is 9.54. The number of aromatic nitrogens is 1. The number of carbonyl (C=O) groups is 3. The van der Waals surface area contributed by atoms with Crippen molar-refractivity contribution in [3.63, 3.8) is 0 Å². The molecule has 2 aliphatic rings. The van der Waals surface area contributed by atoms with Crippen LogP contribution in [0.1, 0.15) is 48.3 Å². The smallest absolute Gasteiger partial charge is 0.407 e. The number of urea groups is 1. The number of fused-ring (bicyclic) bond motifs is 1. The lowest BCUT2D eigenvalue weighted by Gasteiger charge is -2.34. The number of likely N-dealkylation sites (tertiary alicyclic amines) is 1. The van der Waals surface area contributed by atoms with E-state index >= 15 is 0 Å². The lowest BCUT2D eigenvalue weighted by atomic mass is 9.89. The van der Waals surface area contributed by atoms with Crippen LogP contribution >= 0.6 is 0 Å². The number of carboxylic acid groups (broad SMARTS) is 1. The first-order valence-corrected chi connectivity index (χ1v) is 16.1. The van der Waals surface area contributed by atoms with E-state index in [2.05, 4.69) is 44.8 Å². The quantitative estimate of drug-likeness (QED) is 0.202. The lowest BCUT2D eigenvalue weighted by Crippen LogP contribution is -2.53. The number of amides is 4. The van der Waals surface area contributed by atoms with Gasteiger partial charge in [-0.3, -0.25) is 9.69 Å². The molecule has 6 rings (SSSR count). The van der Waals surface area contributed by atoms with Crippen LogP contribution in [-0.2, 0) is 11.3 Å². The van der Waals surface area contributed by atoms with Gasteiger partial charge in [0.15, 0.2) is 0 Å². The Balaban J connectivity index is 1.15. The molecule has 0 unspecified atom stereocenters. The van der Waals surface area contributed by atoms with E-state index in [1.807, 2.05) is 72.6 Å². The van der Waals surface area contributed by atoms with Crippen LogP contribution in [0.3, 0.4) is 0 Å². The van der Waals surface area contributed by atoms with Crippen molar-refractivity contribution >= 4 is 34.6 Å². The molecule has 2 aliphatic heterocycles.